The van der Waals surface area contributed by atoms with Crippen LogP contribution in [0.25, 0.3) is 0 Å². The Kier molecular flexibility index (Phi) is 5.70. The van der Waals surface area contributed by atoms with Crippen LogP contribution in [0.2, 0.25) is 0 Å². The fourth-order valence-corrected chi connectivity index (χ4v) is 4.74. The average Bonchev–Trinajstić information content (AvgIpc) is 2.58. The minimum Gasteiger partial charge on any atom is -0.378 e. The van der Waals surface area contributed by atoms with Crippen LogP contribution in [0.5, 0.6) is 0 Å². The molecule has 0 aromatic heterocycles. The summed E-state index contributed by atoms with van der Waals surface area (Å²) in [5.41, 5.74) is 13.6. The highest BCUT2D eigenvalue weighted by molar-refractivity contribution is 6.96. The van der Waals surface area contributed by atoms with E-state index in [-0.39, 0.29) is 6.71 Å². The zero-order chi connectivity index (χ0) is 20.6. The number of hydrogen-bond donors (Lipinski definition) is 0. The van der Waals surface area contributed by atoms with Crippen molar-refractivity contribution in [2.75, 3.05) is 19.0 Å². The predicted molar refractivity (Wildman–Crippen MR) is 127 cm³/mol. The molecule has 0 aliphatic heterocycles. The molecular formula is C26H32BN. The fraction of sp³-hybridized carbons (Fsp3) is 0.308. The van der Waals surface area contributed by atoms with Gasteiger partial charge in [-0.25, -0.2) is 0 Å². The van der Waals surface area contributed by atoms with E-state index in [1.807, 2.05) is 0 Å². The summed E-state index contributed by atoms with van der Waals surface area (Å²) >= 11 is 0. The Morgan fingerprint density at radius 1 is 0.571 bits per heavy atom. The maximum atomic E-state index is 2.32. The van der Waals surface area contributed by atoms with E-state index in [4.69, 9.17) is 0 Å². The molecule has 0 N–H and O–H groups in total. The van der Waals surface area contributed by atoms with Gasteiger partial charge in [0.15, 0.2) is 0 Å². The quantitative estimate of drug-likeness (QED) is 0.626. The van der Waals surface area contributed by atoms with Gasteiger partial charge in [0.25, 0.3) is 0 Å². The lowest BCUT2D eigenvalue weighted by Crippen LogP contribution is -2.55. The molecule has 0 aliphatic carbocycles. The van der Waals surface area contributed by atoms with Crippen LogP contribution in [0.15, 0.2) is 48.5 Å². The molecule has 0 unspecified atom stereocenters. The molecule has 144 valence electrons. The maximum absolute atomic E-state index is 2.32. The monoisotopic (exact) mass is 369 g/mol. The van der Waals surface area contributed by atoms with Crippen LogP contribution in [0.3, 0.4) is 0 Å². The van der Waals surface area contributed by atoms with Crippen molar-refractivity contribution in [3.8, 4) is 0 Å². The Morgan fingerprint density at radius 3 is 1.25 bits per heavy atom. The molecule has 0 fully saturated rings. The van der Waals surface area contributed by atoms with Gasteiger partial charge in [0, 0.05) is 19.8 Å². The molecule has 3 aromatic rings. The van der Waals surface area contributed by atoms with Crippen LogP contribution in [0.1, 0.15) is 33.4 Å². The summed E-state index contributed by atoms with van der Waals surface area (Å²) in [7, 11) is 4.18. The lowest BCUT2D eigenvalue weighted by atomic mass is 9.34. The van der Waals surface area contributed by atoms with Gasteiger partial charge in [-0.3, -0.25) is 0 Å². The highest BCUT2D eigenvalue weighted by atomic mass is 15.1. The minimum atomic E-state index is 0.248. The Balaban J connectivity index is 2.30. The van der Waals surface area contributed by atoms with E-state index in [2.05, 4.69) is 109 Å². The topological polar surface area (TPSA) is 3.24 Å². The molecule has 0 spiro atoms. The van der Waals surface area contributed by atoms with Crippen molar-refractivity contribution in [2.24, 2.45) is 0 Å². The molecule has 0 saturated carbocycles. The molecule has 0 aliphatic rings. The SMILES string of the molecule is Cc1cc(C)c(B(c2ccc(N(C)C)cc2)c2c(C)cc(C)cc2C)c(C)c1. The number of nitrogens with zero attached hydrogens (tertiary/aromatic N) is 1. The van der Waals surface area contributed by atoms with Gasteiger partial charge in [-0.1, -0.05) is 86.2 Å². The molecule has 0 saturated heterocycles. The van der Waals surface area contributed by atoms with E-state index in [1.54, 1.807) is 0 Å². The minimum absolute atomic E-state index is 0.248. The van der Waals surface area contributed by atoms with Crippen LogP contribution < -0.4 is 21.3 Å². The molecule has 0 heterocycles. The third kappa shape index (κ3) is 3.87. The second kappa shape index (κ2) is 7.87. The van der Waals surface area contributed by atoms with Crippen molar-refractivity contribution in [3.63, 3.8) is 0 Å². The van der Waals surface area contributed by atoms with E-state index < -0.39 is 0 Å². The van der Waals surface area contributed by atoms with Gasteiger partial charge in [0.2, 0.25) is 6.71 Å². The predicted octanol–water partition coefficient (Wildman–Crippen LogP) is 4.12. The van der Waals surface area contributed by atoms with Crippen LogP contribution in [-0.4, -0.2) is 20.8 Å². The summed E-state index contributed by atoms with van der Waals surface area (Å²) in [6.07, 6.45) is 0. The van der Waals surface area contributed by atoms with Gasteiger partial charge in [0.05, 0.1) is 0 Å². The van der Waals surface area contributed by atoms with Gasteiger partial charge in [0.1, 0.15) is 0 Å². The molecule has 28 heavy (non-hydrogen) atoms. The number of benzene rings is 3. The highest BCUT2D eigenvalue weighted by Gasteiger charge is 2.28. The highest BCUT2D eigenvalue weighted by Crippen LogP contribution is 2.14. The maximum Gasteiger partial charge on any atom is 0.242 e. The van der Waals surface area contributed by atoms with Crippen molar-refractivity contribution in [1.29, 1.82) is 0 Å². The molecular weight excluding hydrogens is 337 g/mol. The second-order valence-corrected chi connectivity index (χ2v) is 8.54. The molecule has 0 bridgehead atoms. The number of hydrogen-bond acceptors (Lipinski definition) is 1. The first-order valence-electron chi connectivity index (χ1n) is 10.1. The van der Waals surface area contributed by atoms with Crippen molar-refractivity contribution >= 4 is 28.8 Å². The Bertz CT molecular complexity index is 896. The Labute approximate surface area is 171 Å². The van der Waals surface area contributed by atoms with Crippen molar-refractivity contribution in [2.45, 2.75) is 41.5 Å². The molecule has 0 radical (unpaired) electrons. The normalized spacial score (nSPS) is 10.9. The third-order valence-corrected chi connectivity index (χ3v) is 5.80. The summed E-state index contributed by atoms with van der Waals surface area (Å²) in [6.45, 7) is 13.7. The summed E-state index contributed by atoms with van der Waals surface area (Å²) in [5.74, 6) is 0. The Morgan fingerprint density at radius 2 is 0.929 bits per heavy atom. The van der Waals surface area contributed by atoms with E-state index in [1.165, 1.54) is 55.5 Å². The van der Waals surface area contributed by atoms with Crippen LogP contribution in [0.4, 0.5) is 5.69 Å². The number of anilines is 1. The molecule has 0 atom stereocenters. The van der Waals surface area contributed by atoms with Gasteiger partial charge >= 0.3 is 0 Å². The van der Waals surface area contributed by atoms with Crippen LogP contribution >= 0.6 is 0 Å². The first-order valence-corrected chi connectivity index (χ1v) is 10.1. The molecule has 1 nitrogen and oxygen atoms in total. The number of aryl methyl sites for hydroxylation is 6. The van der Waals surface area contributed by atoms with Crippen molar-refractivity contribution < 1.29 is 0 Å². The lowest BCUT2D eigenvalue weighted by molar-refractivity contribution is 1.13. The summed E-state index contributed by atoms with van der Waals surface area (Å²) < 4.78 is 0. The summed E-state index contributed by atoms with van der Waals surface area (Å²) in [6, 6.07) is 18.4. The standard InChI is InChI=1S/C26H32BN/c1-17-13-19(3)25(20(4)14-17)27(23-9-11-24(12-10-23)28(7)8)26-21(5)15-18(2)16-22(26)6/h9-16H,1-8H3. The van der Waals surface area contributed by atoms with E-state index in [0.717, 1.165) is 0 Å². The third-order valence-electron chi connectivity index (χ3n) is 5.80. The summed E-state index contributed by atoms with van der Waals surface area (Å²) in [5, 5.41) is 0. The Hall–Kier alpha value is -2.48. The molecule has 3 aromatic carbocycles. The van der Waals surface area contributed by atoms with Gasteiger partial charge < -0.3 is 4.90 Å². The van der Waals surface area contributed by atoms with Crippen LogP contribution in [0, 0.1) is 41.5 Å². The smallest absolute Gasteiger partial charge is 0.242 e. The van der Waals surface area contributed by atoms with E-state index >= 15 is 0 Å². The second-order valence-electron chi connectivity index (χ2n) is 8.54. The zero-order valence-corrected chi connectivity index (χ0v) is 18.6. The van der Waals surface area contributed by atoms with Gasteiger partial charge in [-0.05, 0) is 53.7 Å². The molecule has 3 rings (SSSR count). The number of rotatable bonds is 4. The lowest BCUT2D eigenvalue weighted by Gasteiger charge is -2.25. The molecule has 2 heteroatoms. The first-order chi connectivity index (χ1) is 13.2. The van der Waals surface area contributed by atoms with Crippen LogP contribution in [-0.2, 0) is 0 Å². The largest absolute Gasteiger partial charge is 0.378 e. The first kappa shape index (κ1) is 20.3. The van der Waals surface area contributed by atoms with Crippen molar-refractivity contribution in [1.82, 2.24) is 0 Å². The average molecular weight is 369 g/mol. The fourth-order valence-electron chi connectivity index (χ4n) is 4.74. The van der Waals surface area contributed by atoms with Crippen molar-refractivity contribution in [3.05, 3.63) is 81.9 Å². The van der Waals surface area contributed by atoms with Gasteiger partial charge in [-0.2, -0.15) is 0 Å². The van der Waals surface area contributed by atoms with Gasteiger partial charge in [-0.15, -0.1) is 0 Å². The zero-order valence-electron chi connectivity index (χ0n) is 18.6. The van der Waals surface area contributed by atoms with E-state index in [0.29, 0.717) is 0 Å². The molecule has 0 amide bonds. The van der Waals surface area contributed by atoms with E-state index in [9.17, 15) is 0 Å². The summed E-state index contributed by atoms with van der Waals surface area (Å²) in [4.78, 5) is 2.16.